The fourth-order valence-electron chi connectivity index (χ4n) is 5.01. The first-order valence-corrected chi connectivity index (χ1v) is 12.2. The lowest BCUT2D eigenvalue weighted by molar-refractivity contribution is -0.124. The predicted octanol–water partition coefficient (Wildman–Crippen LogP) is 5.37. The molecule has 0 radical (unpaired) electrons. The van der Waals surface area contributed by atoms with E-state index in [1.807, 2.05) is 90.6 Å². The molecule has 3 aromatic carbocycles. The van der Waals surface area contributed by atoms with Crippen LogP contribution in [0.1, 0.15) is 30.0 Å². The quantitative estimate of drug-likeness (QED) is 0.451. The van der Waals surface area contributed by atoms with Crippen LogP contribution >= 0.6 is 11.6 Å². The molecule has 3 aromatic rings. The van der Waals surface area contributed by atoms with E-state index in [0.717, 1.165) is 35.2 Å². The molecule has 0 N–H and O–H groups in total. The van der Waals surface area contributed by atoms with Crippen molar-refractivity contribution in [2.45, 2.75) is 31.5 Å². The van der Waals surface area contributed by atoms with E-state index in [2.05, 4.69) is 0 Å². The first kappa shape index (κ1) is 23.4. The lowest BCUT2D eigenvalue weighted by Crippen LogP contribution is -2.45. The van der Waals surface area contributed by atoms with Crippen molar-refractivity contribution >= 4 is 40.9 Å². The van der Waals surface area contributed by atoms with Gasteiger partial charge in [0.15, 0.2) is 0 Å². The van der Waals surface area contributed by atoms with E-state index in [4.69, 9.17) is 16.3 Å². The third-order valence-electron chi connectivity index (χ3n) is 6.81. The Kier molecular flexibility index (Phi) is 6.50. The van der Waals surface area contributed by atoms with Gasteiger partial charge in [0, 0.05) is 36.9 Å². The highest BCUT2D eigenvalue weighted by Gasteiger charge is 2.40. The van der Waals surface area contributed by atoms with Crippen LogP contribution in [0, 0.1) is 0 Å². The molecule has 0 aliphatic carbocycles. The third kappa shape index (κ3) is 4.40. The van der Waals surface area contributed by atoms with Gasteiger partial charge in [0.1, 0.15) is 18.6 Å². The number of carbonyl (C=O) groups excluding carboxylic acids is 2. The Morgan fingerprint density at radius 2 is 1.86 bits per heavy atom. The molecule has 5 rings (SSSR count). The molecule has 2 heterocycles. The first-order chi connectivity index (χ1) is 17.0. The summed E-state index contributed by atoms with van der Waals surface area (Å²) in [6.45, 7) is 1.01. The fourth-order valence-corrected chi connectivity index (χ4v) is 5.17. The van der Waals surface area contributed by atoms with E-state index < -0.39 is 12.1 Å². The van der Waals surface area contributed by atoms with Crippen LogP contribution in [0.15, 0.2) is 66.7 Å². The van der Waals surface area contributed by atoms with E-state index in [1.54, 1.807) is 4.90 Å². The zero-order valence-electron chi connectivity index (χ0n) is 19.9. The molecule has 0 aromatic heterocycles. The molecule has 6 nitrogen and oxygen atoms in total. The van der Waals surface area contributed by atoms with E-state index in [0.29, 0.717) is 36.0 Å². The van der Waals surface area contributed by atoms with E-state index in [9.17, 15) is 9.59 Å². The van der Waals surface area contributed by atoms with E-state index >= 15 is 0 Å². The van der Waals surface area contributed by atoms with Crippen LogP contribution < -0.4 is 14.5 Å². The Labute approximate surface area is 210 Å². The van der Waals surface area contributed by atoms with Crippen LogP contribution in [0.3, 0.4) is 0 Å². The minimum atomic E-state index is -0.500. The number of hydrogen-bond acceptors (Lipinski definition) is 5. The zero-order valence-corrected chi connectivity index (χ0v) is 20.6. The van der Waals surface area contributed by atoms with Gasteiger partial charge in [-0.3, -0.25) is 14.6 Å². The maximum absolute atomic E-state index is 14.3. The number of rotatable bonds is 5. The Morgan fingerprint density at radius 1 is 1.09 bits per heavy atom. The number of hydrogen-bond donors (Lipinski definition) is 0. The van der Waals surface area contributed by atoms with Gasteiger partial charge < -0.3 is 14.4 Å². The standard InChI is InChI=1S/C28H28ClN3O3/c1-30(2)22-13-10-19(11-14-22)26(17-33)31-15-5-7-24(31)28(34)32-23-6-3-4-8-27(23)35-18-20-9-12-21(29)16-25(20)32/h3-4,6,8-14,16-17,24,26H,5,7,15,18H2,1-2H3/t24?,26-/m0/s1. The summed E-state index contributed by atoms with van der Waals surface area (Å²) in [4.78, 5) is 32.4. The molecule has 35 heavy (non-hydrogen) atoms. The van der Waals surface area contributed by atoms with Crippen LogP contribution in [0.25, 0.3) is 0 Å². The zero-order chi connectivity index (χ0) is 24.5. The van der Waals surface area contributed by atoms with Crippen molar-refractivity contribution in [3.63, 3.8) is 0 Å². The van der Waals surface area contributed by atoms with Gasteiger partial charge in [0.05, 0.1) is 23.5 Å². The third-order valence-corrected chi connectivity index (χ3v) is 7.05. The smallest absolute Gasteiger partial charge is 0.249 e. The number of benzene rings is 3. The lowest BCUT2D eigenvalue weighted by Gasteiger charge is -2.33. The van der Waals surface area contributed by atoms with Crippen molar-refractivity contribution in [3.8, 4) is 5.75 Å². The highest BCUT2D eigenvalue weighted by molar-refractivity contribution is 6.31. The minimum absolute atomic E-state index is 0.0827. The van der Waals surface area contributed by atoms with Crippen molar-refractivity contribution in [1.82, 2.24) is 4.90 Å². The molecule has 0 bridgehead atoms. The van der Waals surface area contributed by atoms with Crippen LogP contribution in [0.2, 0.25) is 5.02 Å². The first-order valence-electron chi connectivity index (χ1n) is 11.8. The second-order valence-corrected chi connectivity index (χ2v) is 9.60. The summed E-state index contributed by atoms with van der Waals surface area (Å²) in [5, 5.41) is 0.552. The summed E-state index contributed by atoms with van der Waals surface area (Å²) in [5.41, 5.74) is 4.23. The number of likely N-dealkylation sites (tertiary alicyclic amines) is 1. The number of aldehydes is 1. The number of para-hydroxylation sites is 2. The fraction of sp³-hybridized carbons (Fsp3) is 0.286. The van der Waals surface area contributed by atoms with E-state index in [-0.39, 0.29) is 5.91 Å². The van der Waals surface area contributed by atoms with Crippen molar-refractivity contribution < 1.29 is 14.3 Å². The van der Waals surface area contributed by atoms with Crippen molar-refractivity contribution in [2.75, 3.05) is 30.4 Å². The molecular weight excluding hydrogens is 462 g/mol. The second kappa shape index (κ2) is 9.72. The van der Waals surface area contributed by atoms with Gasteiger partial charge in [-0.25, -0.2) is 0 Å². The maximum Gasteiger partial charge on any atom is 0.249 e. The van der Waals surface area contributed by atoms with Gasteiger partial charge in [-0.2, -0.15) is 0 Å². The van der Waals surface area contributed by atoms with Gasteiger partial charge in [-0.05, 0) is 54.8 Å². The average Bonchev–Trinajstić information content (AvgIpc) is 3.28. The molecule has 0 saturated carbocycles. The normalized spacial score (nSPS) is 18.1. The molecular formula is C28H28ClN3O3. The van der Waals surface area contributed by atoms with Crippen molar-refractivity contribution in [3.05, 3.63) is 82.9 Å². The number of nitrogens with zero attached hydrogens (tertiary/aromatic N) is 3. The largest absolute Gasteiger partial charge is 0.487 e. The Morgan fingerprint density at radius 3 is 2.60 bits per heavy atom. The Bertz CT molecular complexity index is 1240. The summed E-state index contributed by atoms with van der Waals surface area (Å²) in [7, 11) is 3.96. The van der Waals surface area contributed by atoms with Crippen LogP contribution in [0.5, 0.6) is 5.75 Å². The van der Waals surface area contributed by atoms with Crippen molar-refractivity contribution in [2.24, 2.45) is 0 Å². The molecule has 7 heteroatoms. The van der Waals surface area contributed by atoms with Gasteiger partial charge in [0.25, 0.3) is 0 Å². The van der Waals surface area contributed by atoms with Crippen LogP contribution in [-0.4, -0.2) is 43.8 Å². The number of fused-ring (bicyclic) bond motifs is 2. The molecule has 1 fully saturated rings. The Balaban J connectivity index is 1.53. The maximum atomic E-state index is 14.3. The molecule has 1 amide bonds. The van der Waals surface area contributed by atoms with Gasteiger partial charge >= 0.3 is 0 Å². The molecule has 2 aliphatic rings. The summed E-state index contributed by atoms with van der Waals surface area (Å²) in [6.07, 6.45) is 2.46. The molecule has 180 valence electrons. The topological polar surface area (TPSA) is 53.1 Å². The van der Waals surface area contributed by atoms with Crippen molar-refractivity contribution in [1.29, 1.82) is 0 Å². The molecule has 2 atom stereocenters. The molecule has 2 aliphatic heterocycles. The summed E-state index contributed by atoms with van der Waals surface area (Å²) >= 11 is 6.36. The van der Waals surface area contributed by atoms with Gasteiger partial charge in [-0.1, -0.05) is 41.9 Å². The highest BCUT2D eigenvalue weighted by Crippen LogP contribution is 2.42. The summed E-state index contributed by atoms with van der Waals surface area (Å²) in [6, 6.07) is 20.1. The minimum Gasteiger partial charge on any atom is -0.487 e. The number of anilines is 3. The number of amides is 1. The molecule has 1 unspecified atom stereocenters. The monoisotopic (exact) mass is 489 g/mol. The SMILES string of the molecule is CN(C)c1ccc([C@H](C=O)N2CCCC2C(=O)N2c3cc(Cl)ccc3COc3ccccc32)cc1. The molecule has 0 spiro atoms. The van der Waals surface area contributed by atoms with Gasteiger partial charge in [0.2, 0.25) is 5.91 Å². The van der Waals surface area contributed by atoms with Crippen LogP contribution in [-0.2, 0) is 16.2 Å². The number of ether oxygens (including phenoxy) is 1. The van der Waals surface area contributed by atoms with Crippen LogP contribution in [0.4, 0.5) is 17.1 Å². The number of carbonyl (C=O) groups is 2. The summed E-state index contributed by atoms with van der Waals surface area (Å²) < 4.78 is 6.04. The predicted molar refractivity (Wildman–Crippen MR) is 139 cm³/mol. The lowest BCUT2D eigenvalue weighted by atomic mass is 10.0. The Hall–Kier alpha value is -3.35. The van der Waals surface area contributed by atoms with Gasteiger partial charge in [-0.15, -0.1) is 0 Å². The van der Waals surface area contributed by atoms with E-state index in [1.165, 1.54) is 0 Å². The number of halogens is 1. The molecule has 1 saturated heterocycles. The summed E-state index contributed by atoms with van der Waals surface area (Å²) in [5.74, 6) is 0.560. The highest BCUT2D eigenvalue weighted by atomic mass is 35.5. The second-order valence-electron chi connectivity index (χ2n) is 9.17. The average molecular weight is 490 g/mol.